The number of nitrogens with one attached hydrogen (secondary N) is 1. The molecule has 0 aliphatic carbocycles. The maximum atomic E-state index is 12.3. The van der Waals surface area contributed by atoms with E-state index in [1.165, 1.54) is 16.0 Å². The van der Waals surface area contributed by atoms with Crippen LogP contribution in [0, 0.1) is 0 Å². The first-order valence-corrected chi connectivity index (χ1v) is 8.62. The highest BCUT2D eigenvalue weighted by atomic mass is 32.1. The molecule has 2 aromatic heterocycles. The van der Waals surface area contributed by atoms with Crippen LogP contribution in [0.25, 0.3) is 10.9 Å². The minimum atomic E-state index is -0.260. The number of anilines is 1. The highest BCUT2D eigenvalue weighted by molar-refractivity contribution is 7.15. The predicted molar refractivity (Wildman–Crippen MR) is 95.7 cm³/mol. The van der Waals surface area contributed by atoms with Crippen molar-refractivity contribution in [3.63, 3.8) is 0 Å². The number of nitrogens with zero attached hydrogens (tertiary/aromatic N) is 5. The maximum Gasteiger partial charge on any atom is 0.277 e. The second-order valence-corrected chi connectivity index (χ2v) is 7.57. The van der Waals surface area contributed by atoms with E-state index >= 15 is 0 Å². The van der Waals surface area contributed by atoms with Gasteiger partial charge in [-0.3, -0.25) is 9.59 Å². The number of amides is 1. The average molecular weight is 358 g/mol. The lowest BCUT2D eigenvalue weighted by Crippen LogP contribution is -2.26. The number of aromatic nitrogens is 5. The van der Waals surface area contributed by atoms with E-state index < -0.39 is 0 Å². The summed E-state index contributed by atoms with van der Waals surface area (Å²) in [7, 11) is 0. The maximum absolute atomic E-state index is 12.3. The third kappa shape index (κ3) is 3.87. The fraction of sp³-hybridized carbons (Fsp3) is 0.375. The Bertz CT molecular complexity index is 972. The molecule has 1 N–H and O–H groups in total. The summed E-state index contributed by atoms with van der Waals surface area (Å²) in [6.45, 7) is 6.24. The normalized spacial score (nSPS) is 11.6. The molecule has 3 rings (SSSR count). The monoisotopic (exact) mass is 358 g/mol. The van der Waals surface area contributed by atoms with Crippen molar-refractivity contribution in [2.75, 3.05) is 5.32 Å². The van der Waals surface area contributed by atoms with Gasteiger partial charge in [-0.25, -0.2) is 4.68 Å². The van der Waals surface area contributed by atoms with Gasteiger partial charge >= 0.3 is 0 Å². The van der Waals surface area contributed by atoms with Gasteiger partial charge in [0.2, 0.25) is 11.0 Å². The zero-order valence-corrected chi connectivity index (χ0v) is 15.0. The van der Waals surface area contributed by atoms with Crippen molar-refractivity contribution >= 4 is 33.3 Å². The third-order valence-electron chi connectivity index (χ3n) is 3.49. The zero-order chi connectivity index (χ0) is 18.0. The van der Waals surface area contributed by atoms with E-state index in [2.05, 4.69) is 25.8 Å². The second kappa shape index (κ2) is 6.67. The van der Waals surface area contributed by atoms with Gasteiger partial charge in [0, 0.05) is 11.8 Å². The highest BCUT2D eigenvalue weighted by Gasteiger charge is 2.20. The Morgan fingerprint density at radius 1 is 1.20 bits per heavy atom. The number of aryl methyl sites for hydroxylation is 1. The Labute approximate surface area is 147 Å². The molecule has 2 heterocycles. The molecule has 0 fully saturated rings. The summed E-state index contributed by atoms with van der Waals surface area (Å²) < 4.78 is 1.20. The molecule has 0 radical (unpaired) electrons. The molecule has 0 bridgehead atoms. The SMILES string of the molecule is CC(C)(C)c1nnc(NC(=O)CCn2nnc3ccccc3c2=O)s1. The van der Waals surface area contributed by atoms with E-state index in [9.17, 15) is 9.59 Å². The van der Waals surface area contributed by atoms with E-state index in [0.717, 1.165) is 5.01 Å². The van der Waals surface area contributed by atoms with Gasteiger partial charge < -0.3 is 5.32 Å². The van der Waals surface area contributed by atoms with E-state index in [0.29, 0.717) is 16.0 Å². The van der Waals surface area contributed by atoms with Crippen LogP contribution in [-0.4, -0.2) is 31.1 Å². The highest BCUT2D eigenvalue weighted by Crippen LogP contribution is 2.27. The van der Waals surface area contributed by atoms with E-state index in [1.807, 2.05) is 20.8 Å². The van der Waals surface area contributed by atoms with Crippen LogP contribution in [0.5, 0.6) is 0 Å². The van der Waals surface area contributed by atoms with Crippen LogP contribution >= 0.6 is 11.3 Å². The Hall–Kier alpha value is -2.68. The molecule has 0 unspecified atom stereocenters. The van der Waals surface area contributed by atoms with Crippen molar-refractivity contribution in [2.24, 2.45) is 0 Å². The van der Waals surface area contributed by atoms with E-state index in [-0.39, 0.29) is 29.8 Å². The summed E-state index contributed by atoms with van der Waals surface area (Å²) in [6.07, 6.45) is 0.0946. The smallest absolute Gasteiger partial charge is 0.277 e. The minimum absolute atomic E-state index is 0.0946. The van der Waals surface area contributed by atoms with E-state index in [1.54, 1.807) is 24.3 Å². The number of fused-ring (bicyclic) bond motifs is 1. The molecule has 0 saturated carbocycles. The van der Waals surface area contributed by atoms with Gasteiger partial charge in [0.1, 0.15) is 10.5 Å². The van der Waals surface area contributed by atoms with Gasteiger partial charge in [0.05, 0.1) is 11.9 Å². The second-order valence-electron chi connectivity index (χ2n) is 6.60. The van der Waals surface area contributed by atoms with Gasteiger partial charge in [-0.15, -0.1) is 15.3 Å². The number of hydrogen-bond acceptors (Lipinski definition) is 7. The Morgan fingerprint density at radius 2 is 1.96 bits per heavy atom. The fourth-order valence-electron chi connectivity index (χ4n) is 2.14. The topological polar surface area (TPSA) is 103 Å². The van der Waals surface area contributed by atoms with Gasteiger partial charge in [0.15, 0.2) is 0 Å². The van der Waals surface area contributed by atoms with Gasteiger partial charge in [0.25, 0.3) is 5.56 Å². The first kappa shape index (κ1) is 17.2. The van der Waals surface area contributed by atoms with Crippen molar-refractivity contribution in [3.05, 3.63) is 39.6 Å². The molecule has 0 saturated heterocycles. The zero-order valence-electron chi connectivity index (χ0n) is 14.2. The summed E-state index contributed by atoms with van der Waals surface area (Å²) in [5.74, 6) is -0.251. The molecule has 1 aromatic carbocycles. The Kier molecular flexibility index (Phi) is 4.58. The first-order chi connectivity index (χ1) is 11.8. The van der Waals surface area contributed by atoms with Crippen LogP contribution in [0.1, 0.15) is 32.2 Å². The molecule has 0 atom stereocenters. The number of hydrogen-bond donors (Lipinski definition) is 1. The summed E-state index contributed by atoms with van der Waals surface area (Å²) >= 11 is 1.34. The Morgan fingerprint density at radius 3 is 2.68 bits per heavy atom. The van der Waals surface area contributed by atoms with Gasteiger partial charge in [-0.05, 0) is 12.1 Å². The van der Waals surface area contributed by atoms with Crippen LogP contribution in [0.2, 0.25) is 0 Å². The number of rotatable bonds is 4. The number of carbonyl (C=O) groups excluding carboxylic acids is 1. The van der Waals surface area contributed by atoms with Crippen molar-refractivity contribution in [1.82, 2.24) is 25.2 Å². The third-order valence-corrected chi connectivity index (χ3v) is 4.76. The summed E-state index contributed by atoms with van der Waals surface area (Å²) in [5, 5.41) is 20.4. The first-order valence-electron chi connectivity index (χ1n) is 7.81. The largest absolute Gasteiger partial charge is 0.300 e. The molecule has 0 spiro atoms. The molecular weight excluding hydrogens is 340 g/mol. The lowest BCUT2D eigenvalue weighted by atomic mass is 9.98. The summed E-state index contributed by atoms with van der Waals surface area (Å²) in [6, 6.07) is 6.98. The number of benzene rings is 1. The van der Waals surface area contributed by atoms with Gasteiger partial charge in [-0.1, -0.05) is 49.5 Å². The fourth-order valence-corrected chi connectivity index (χ4v) is 2.95. The Balaban J connectivity index is 1.66. The molecule has 3 aromatic rings. The molecule has 130 valence electrons. The molecule has 0 aliphatic rings. The quantitative estimate of drug-likeness (QED) is 0.765. The van der Waals surface area contributed by atoms with Crippen LogP contribution in [0.4, 0.5) is 5.13 Å². The molecule has 25 heavy (non-hydrogen) atoms. The van der Waals surface area contributed by atoms with Crippen LogP contribution in [-0.2, 0) is 16.8 Å². The van der Waals surface area contributed by atoms with Crippen molar-refractivity contribution in [3.8, 4) is 0 Å². The van der Waals surface area contributed by atoms with Crippen LogP contribution in [0.3, 0.4) is 0 Å². The lowest BCUT2D eigenvalue weighted by Gasteiger charge is -2.12. The average Bonchev–Trinajstić information content (AvgIpc) is 3.03. The van der Waals surface area contributed by atoms with Crippen molar-refractivity contribution in [1.29, 1.82) is 0 Å². The van der Waals surface area contributed by atoms with Gasteiger partial charge in [-0.2, -0.15) is 0 Å². The van der Waals surface area contributed by atoms with Crippen molar-refractivity contribution < 1.29 is 4.79 Å². The molecule has 1 amide bonds. The van der Waals surface area contributed by atoms with Crippen molar-refractivity contribution in [2.45, 2.75) is 39.2 Å². The molecule has 0 aliphatic heterocycles. The van der Waals surface area contributed by atoms with Crippen LogP contribution in [0.15, 0.2) is 29.1 Å². The lowest BCUT2D eigenvalue weighted by molar-refractivity contribution is -0.116. The van der Waals surface area contributed by atoms with Crippen LogP contribution < -0.4 is 10.9 Å². The van der Waals surface area contributed by atoms with E-state index in [4.69, 9.17) is 0 Å². The molecular formula is C16H18N6O2S. The minimum Gasteiger partial charge on any atom is -0.300 e. The molecule has 9 heteroatoms. The summed E-state index contributed by atoms with van der Waals surface area (Å²) in [4.78, 5) is 24.4. The molecule has 8 nitrogen and oxygen atoms in total. The number of carbonyl (C=O) groups is 1. The predicted octanol–water partition coefficient (Wildman–Crippen LogP) is 1.97. The standard InChI is InChI=1S/C16H18N6O2S/c1-16(2,3)14-19-20-15(25-14)17-12(23)8-9-22-13(24)10-6-4-5-7-11(10)18-21-22/h4-7H,8-9H2,1-3H3,(H,17,20,23). The summed E-state index contributed by atoms with van der Waals surface area (Å²) in [5.41, 5.74) is 0.162.